The predicted octanol–water partition coefficient (Wildman–Crippen LogP) is -7.29. The molecule has 0 saturated carbocycles. The first kappa shape index (κ1) is 32.9. The highest BCUT2D eigenvalue weighted by Crippen LogP contribution is 2.32. The second kappa shape index (κ2) is 14.0. The minimum atomic E-state index is -1.94. The van der Waals surface area contributed by atoms with Crippen LogP contribution in [0.3, 0.4) is 0 Å². The predicted molar refractivity (Wildman–Crippen MR) is 124 cm³/mol. The fourth-order valence-corrected chi connectivity index (χ4v) is 4.86. The Hall–Kier alpha value is -1.62. The summed E-state index contributed by atoms with van der Waals surface area (Å²) in [5.74, 6) is -1.31. The van der Waals surface area contributed by atoms with Crippen LogP contribution in [0.2, 0.25) is 0 Å². The van der Waals surface area contributed by atoms with Crippen LogP contribution in [0.15, 0.2) is 0 Å². The van der Waals surface area contributed by atoms with Crippen molar-refractivity contribution in [2.45, 2.75) is 106 Å². The van der Waals surface area contributed by atoms with Gasteiger partial charge >= 0.3 is 0 Å². The van der Waals surface area contributed by atoms with Crippen molar-refractivity contribution in [2.24, 2.45) is 0 Å². The summed E-state index contributed by atoms with van der Waals surface area (Å²) in [5.41, 5.74) is 0. The average Bonchev–Trinajstić information content (AvgIpc) is 2.90. The van der Waals surface area contributed by atoms with E-state index in [0.29, 0.717) is 0 Å². The maximum atomic E-state index is 11.7. The molecule has 3 aliphatic heterocycles. The Bertz CT molecular complexity index is 854. The highest BCUT2D eigenvalue weighted by atomic mass is 16.7. The molecule has 15 atom stereocenters. The molecular weight excluding hydrogens is 548 g/mol. The molecule has 0 aromatic carbocycles. The lowest BCUT2D eigenvalue weighted by molar-refractivity contribution is -0.365. The van der Waals surface area contributed by atoms with Crippen LogP contribution >= 0.6 is 0 Å². The molecule has 3 saturated heterocycles. The fraction of sp³-hybridized carbons (Fsp3) is 0.909. The first-order valence-corrected chi connectivity index (χ1v) is 12.6. The van der Waals surface area contributed by atoms with Crippen LogP contribution in [-0.4, -0.2) is 170 Å². The van der Waals surface area contributed by atoms with Crippen molar-refractivity contribution in [1.29, 1.82) is 0 Å². The molecule has 0 aliphatic carbocycles. The molecule has 0 aromatic rings. The molecule has 0 radical (unpaired) electrons. The normalized spacial score (nSPS) is 46.0. The first-order chi connectivity index (χ1) is 18.8. The summed E-state index contributed by atoms with van der Waals surface area (Å²) >= 11 is 0. The topological polar surface area (TPSA) is 286 Å². The molecule has 232 valence electrons. The molecule has 11 N–H and O–H groups in total. The number of amides is 2. The molecule has 2 amide bonds. The molecule has 3 heterocycles. The number of ether oxygens (including phenoxy) is 5. The van der Waals surface area contributed by atoms with E-state index < -0.39 is 124 Å². The van der Waals surface area contributed by atoms with Crippen molar-refractivity contribution >= 4 is 11.8 Å². The van der Waals surface area contributed by atoms with E-state index in [4.69, 9.17) is 23.7 Å². The molecule has 3 aliphatic rings. The maximum Gasteiger partial charge on any atom is 0.217 e. The molecule has 1 unspecified atom stereocenters. The zero-order valence-electron chi connectivity index (χ0n) is 21.7. The minimum absolute atomic E-state index is 0.650. The average molecular weight is 587 g/mol. The van der Waals surface area contributed by atoms with Crippen LogP contribution in [0, 0.1) is 0 Å². The summed E-state index contributed by atoms with van der Waals surface area (Å²) in [4.78, 5) is 23.4. The van der Waals surface area contributed by atoms with Gasteiger partial charge in [0.2, 0.25) is 11.8 Å². The highest BCUT2D eigenvalue weighted by molar-refractivity contribution is 5.73. The molecule has 0 aromatic heterocycles. The highest BCUT2D eigenvalue weighted by Gasteiger charge is 2.54. The number of carbonyl (C=O) groups is 2. The lowest BCUT2D eigenvalue weighted by atomic mass is 9.94. The van der Waals surface area contributed by atoms with Crippen LogP contribution in [-0.2, 0) is 33.3 Å². The third-order valence-corrected chi connectivity index (χ3v) is 6.90. The zero-order valence-corrected chi connectivity index (χ0v) is 21.7. The monoisotopic (exact) mass is 586 g/mol. The lowest BCUT2D eigenvalue weighted by Gasteiger charge is -2.49. The van der Waals surface area contributed by atoms with Gasteiger partial charge in [-0.3, -0.25) is 9.59 Å². The van der Waals surface area contributed by atoms with Crippen LogP contribution in [0.25, 0.3) is 0 Å². The number of nitrogens with one attached hydrogen (secondary N) is 2. The lowest BCUT2D eigenvalue weighted by Crippen LogP contribution is -2.69. The van der Waals surface area contributed by atoms with Gasteiger partial charge in [0.05, 0.1) is 19.8 Å². The number of aliphatic hydroxyl groups is 9. The van der Waals surface area contributed by atoms with Crippen LogP contribution in [0.5, 0.6) is 0 Å². The smallest absolute Gasteiger partial charge is 0.217 e. The van der Waals surface area contributed by atoms with Gasteiger partial charge in [-0.15, -0.1) is 0 Å². The van der Waals surface area contributed by atoms with Crippen molar-refractivity contribution in [3.63, 3.8) is 0 Å². The Balaban J connectivity index is 1.88. The quantitative estimate of drug-likeness (QED) is 0.120. The SMILES string of the molecule is CC(=O)N[C@H]1[C@@H](O[C@H]2[C@@H](O)[C@@H](CO)O[C@@H](O[C@H]3[C@@H](O)[C@@H](CO)OC(O)[C@@H]3NC(C)=O)[C@@H]2O)O[C@H](CO)[C@@H](O)[C@@H]1O. The molecule has 0 bridgehead atoms. The Kier molecular flexibility index (Phi) is 11.5. The van der Waals surface area contributed by atoms with Crippen LogP contribution in [0.1, 0.15) is 13.8 Å². The number of hydrogen-bond acceptors (Lipinski definition) is 16. The largest absolute Gasteiger partial charge is 0.394 e. The molecule has 40 heavy (non-hydrogen) atoms. The second-order valence-electron chi connectivity index (χ2n) is 9.81. The summed E-state index contributed by atoms with van der Waals surface area (Å²) < 4.78 is 27.5. The summed E-state index contributed by atoms with van der Waals surface area (Å²) in [7, 11) is 0. The Morgan fingerprint density at radius 3 is 1.60 bits per heavy atom. The minimum Gasteiger partial charge on any atom is -0.394 e. The molecule has 0 spiro atoms. The van der Waals surface area contributed by atoms with Gasteiger partial charge in [-0.2, -0.15) is 0 Å². The molecule has 3 fully saturated rings. The van der Waals surface area contributed by atoms with Crippen LogP contribution in [0.4, 0.5) is 0 Å². The standard InChI is InChI=1S/C22H38N2O16/c1-6(28)23-11-16(33)13(30)8(3-25)37-21(11)40-19-15(32)10(5-27)38-22(17(19)34)39-18-12(24-7(2)29)20(35)36-9(4-26)14(18)31/h8-22,25-27,30-35H,3-5H2,1-2H3,(H,23,28)(H,24,29)/t8-,9-,10-,11-,12-,13-,14+,15+,16-,17-,18-,19+,20?,21-,22+/m1/s1. The van der Waals surface area contributed by atoms with Crippen molar-refractivity contribution in [3.8, 4) is 0 Å². The van der Waals surface area contributed by atoms with Gasteiger partial charge in [-0.25, -0.2) is 0 Å². The summed E-state index contributed by atoms with van der Waals surface area (Å²) in [5, 5.41) is 97.2. The van der Waals surface area contributed by atoms with Gasteiger partial charge in [-0.1, -0.05) is 0 Å². The zero-order chi connectivity index (χ0) is 29.9. The van der Waals surface area contributed by atoms with E-state index in [9.17, 15) is 55.5 Å². The first-order valence-electron chi connectivity index (χ1n) is 12.6. The van der Waals surface area contributed by atoms with Crippen molar-refractivity contribution in [1.82, 2.24) is 10.6 Å². The second-order valence-corrected chi connectivity index (χ2v) is 9.81. The van der Waals surface area contributed by atoms with Gasteiger partial charge in [-0.05, 0) is 0 Å². The summed E-state index contributed by atoms with van der Waals surface area (Å²) in [6.45, 7) is -0.135. The van der Waals surface area contributed by atoms with E-state index in [1.807, 2.05) is 0 Å². The van der Waals surface area contributed by atoms with E-state index in [-0.39, 0.29) is 0 Å². The van der Waals surface area contributed by atoms with Crippen molar-refractivity contribution in [3.05, 3.63) is 0 Å². The maximum absolute atomic E-state index is 11.7. The third-order valence-electron chi connectivity index (χ3n) is 6.90. The van der Waals surface area contributed by atoms with Crippen LogP contribution < -0.4 is 10.6 Å². The molecule has 18 heteroatoms. The van der Waals surface area contributed by atoms with E-state index in [1.54, 1.807) is 0 Å². The van der Waals surface area contributed by atoms with Gasteiger partial charge in [0.25, 0.3) is 0 Å². The number of aliphatic hydroxyl groups excluding tert-OH is 9. The Morgan fingerprint density at radius 2 is 1.05 bits per heavy atom. The molecule has 18 nitrogen and oxygen atoms in total. The Morgan fingerprint density at radius 1 is 0.600 bits per heavy atom. The number of hydrogen-bond donors (Lipinski definition) is 11. The van der Waals surface area contributed by atoms with Gasteiger partial charge in [0, 0.05) is 13.8 Å². The molecular formula is C22H38N2O16. The summed E-state index contributed by atoms with van der Waals surface area (Å²) in [6, 6.07) is -2.86. The van der Waals surface area contributed by atoms with E-state index >= 15 is 0 Å². The van der Waals surface area contributed by atoms with Crippen molar-refractivity contribution < 1.29 is 79.2 Å². The number of carbonyl (C=O) groups excluding carboxylic acids is 2. The molecule has 3 rings (SSSR count). The van der Waals surface area contributed by atoms with Gasteiger partial charge in [0.1, 0.15) is 73.1 Å². The van der Waals surface area contributed by atoms with E-state index in [0.717, 1.165) is 13.8 Å². The van der Waals surface area contributed by atoms with Gasteiger partial charge in [0.15, 0.2) is 18.9 Å². The van der Waals surface area contributed by atoms with E-state index in [2.05, 4.69) is 10.6 Å². The summed E-state index contributed by atoms with van der Waals surface area (Å²) in [6.07, 6.45) is -21.5. The van der Waals surface area contributed by atoms with Gasteiger partial charge < -0.3 is 80.3 Å². The number of rotatable bonds is 9. The Labute approximate surface area is 228 Å². The fourth-order valence-electron chi connectivity index (χ4n) is 4.86. The van der Waals surface area contributed by atoms with E-state index in [1.165, 1.54) is 0 Å². The van der Waals surface area contributed by atoms with Crippen molar-refractivity contribution in [2.75, 3.05) is 19.8 Å². The third kappa shape index (κ3) is 7.05.